The van der Waals surface area contributed by atoms with Gasteiger partial charge < -0.3 is 0 Å². The molecule has 8 heteroatoms. The quantitative estimate of drug-likeness (QED) is 0.596. The fourth-order valence-electron chi connectivity index (χ4n) is 2.36. The highest BCUT2D eigenvalue weighted by Gasteiger charge is 2.71. The largest absolute Gasteiger partial charge is 0.431 e. The highest BCUT2D eigenvalue weighted by atomic mass is 19.4. The zero-order chi connectivity index (χ0) is 13.2. The molecule has 17 heavy (non-hydrogen) atoms. The van der Waals surface area contributed by atoms with Gasteiger partial charge in [-0.15, -0.1) is 10.2 Å². The van der Waals surface area contributed by atoms with Gasteiger partial charge in [0.05, 0.1) is 0 Å². The van der Waals surface area contributed by atoms with Crippen molar-refractivity contribution in [3.05, 3.63) is 0 Å². The Kier molecular flexibility index (Phi) is 2.20. The molecule has 0 aromatic carbocycles. The molecule has 0 unspecified atom stereocenters. The van der Waals surface area contributed by atoms with Crippen molar-refractivity contribution in [2.45, 2.75) is 26.2 Å². The van der Waals surface area contributed by atoms with Gasteiger partial charge in [0.1, 0.15) is 11.4 Å². The molecule has 0 amide bonds. The van der Waals surface area contributed by atoms with Crippen LogP contribution in [-0.2, 0) is 0 Å². The molecule has 0 aromatic heterocycles. The van der Waals surface area contributed by atoms with Gasteiger partial charge in [-0.3, -0.25) is 0 Å². The van der Waals surface area contributed by atoms with E-state index >= 15 is 0 Å². The molecule has 2 aliphatic rings. The molecule has 0 radical (unpaired) electrons. The lowest BCUT2D eigenvalue weighted by molar-refractivity contribution is -0.0665. The van der Waals surface area contributed by atoms with Gasteiger partial charge in [0, 0.05) is 11.8 Å². The van der Waals surface area contributed by atoms with Crippen LogP contribution in [0, 0.1) is 17.3 Å². The van der Waals surface area contributed by atoms with Gasteiger partial charge in [-0.1, -0.05) is 13.8 Å². The van der Waals surface area contributed by atoms with Crippen molar-refractivity contribution in [1.82, 2.24) is 0 Å². The minimum Gasteiger partial charge on any atom is -0.165 e. The van der Waals surface area contributed by atoms with Crippen LogP contribution >= 0.6 is 0 Å². The maximum absolute atomic E-state index is 12.5. The maximum atomic E-state index is 12.5. The number of hydrogen-bond donors (Lipinski definition) is 0. The Labute approximate surface area is 92.4 Å². The van der Waals surface area contributed by atoms with E-state index in [1.807, 2.05) is 0 Å². The standard InChI is InChI=1S/C9H8F6N2/c1-7(2)3-4(7)6(9(13,14)15)17-16-5(3)8(10,11)12/h3-4H,1-2H3/t3-,4+. The maximum Gasteiger partial charge on any atom is 0.431 e. The van der Waals surface area contributed by atoms with E-state index in [1.165, 1.54) is 13.8 Å². The van der Waals surface area contributed by atoms with Gasteiger partial charge in [0.15, 0.2) is 0 Å². The van der Waals surface area contributed by atoms with Crippen LogP contribution in [0.1, 0.15) is 13.8 Å². The average Bonchev–Trinajstić information content (AvgIpc) is 2.66. The zero-order valence-corrected chi connectivity index (χ0v) is 8.82. The van der Waals surface area contributed by atoms with E-state index in [4.69, 9.17) is 0 Å². The monoisotopic (exact) mass is 258 g/mol. The first-order chi connectivity index (χ1) is 7.47. The van der Waals surface area contributed by atoms with E-state index in [9.17, 15) is 26.3 Å². The van der Waals surface area contributed by atoms with Crippen LogP contribution in [0.2, 0.25) is 0 Å². The van der Waals surface area contributed by atoms with Crippen LogP contribution in [0.3, 0.4) is 0 Å². The predicted octanol–water partition coefficient (Wildman–Crippen LogP) is 3.19. The zero-order valence-electron chi connectivity index (χ0n) is 8.82. The van der Waals surface area contributed by atoms with Crippen molar-refractivity contribution < 1.29 is 26.3 Å². The second kappa shape index (κ2) is 3.02. The van der Waals surface area contributed by atoms with Crippen LogP contribution in [0.5, 0.6) is 0 Å². The summed E-state index contributed by atoms with van der Waals surface area (Å²) in [7, 11) is 0. The lowest BCUT2D eigenvalue weighted by atomic mass is 10.1. The molecular weight excluding hydrogens is 250 g/mol. The topological polar surface area (TPSA) is 24.7 Å². The summed E-state index contributed by atoms with van der Waals surface area (Å²) in [6.07, 6.45) is -9.45. The summed E-state index contributed by atoms with van der Waals surface area (Å²) >= 11 is 0. The molecule has 0 N–H and O–H groups in total. The summed E-state index contributed by atoms with van der Waals surface area (Å²) in [4.78, 5) is 0. The van der Waals surface area contributed by atoms with Crippen molar-refractivity contribution in [2.75, 3.05) is 0 Å². The first-order valence-corrected chi connectivity index (χ1v) is 4.77. The molecule has 0 aromatic rings. The van der Waals surface area contributed by atoms with E-state index in [2.05, 4.69) is 10.2 Å². The molecule has 96 valence electrons. The van der Waals surface area contributed by atoms with E-state index in [0.717, 1.165) is 0 Å². The van der Waals surface area contributed by atoms with E-state index < -0.39 is 41.0 Å². The summed E-state index contributed by atoms with van der Waals surface area (Å²) in [5.74, 6) is -2.48. The van der Waals surface area contributed by atoms with Crippen LogP contribution in [0.25, 0.3) is 0 Å². The third-order valence-electron chi connectivity index (χ3n) is 3.26. The minimum atomic E-state index is -4.72. The average molecular weight is 258 g/mol. The highest BCUT2D eigenvalue weighted by Crippen LogP contribution is 2.64. The first kappa shape index (κ1) is 12.4. The first-order valence-electron chi connectivity index (χ1n) is 4.77. The molecular formula is C9H8F6N2. The molecule has 1 aliphatic heterocycles. The Balaban J connectivity index is 2.45. The van der Waals surface area contributed by atoms with Crippen molar-refractivity contribution in [2.24, 2.45) is 27.5 Å². The number of fused-ring (bicyclic) bond motifs is 1. The smallest absolute Gasteiger partial charge is 0.165 e. The van der Waals surface area contributed by atoms with Crippen LogP contribution in [-0.4, -0.2) is 23.8 Å². The van der Waals surface area contributed by atoms with Crippen LogP contribution in [0.4, 0.5) is 26.3 Å². The summed E-state index contributed by atoms with van der Waals surface area (Å²) in [5, 5.41) is 5.45. The normalized spacial score (nSPS) is 31.5. The molecule has 0 bridgehead atoms. The molecule has 0 saturated heterocycles. The van der Waals surface area contributed by atoms with Crippen molar-refractivity contribution in [1.29, 1.82) is 0 Å². The summed E-state index contributed by atoms with van der Waals surface area (Å²) in [5.41, 5.74) is -3.51. The predicted molar refractivity (Wildman–Crippen MR) is 47.7 cm³/mol. The summed E-state index contributed by atoms with van der Waals surface area (Å²) in [6.45, 7) is 2.71. The van der Waals surface area contributed by atoms with E-state index in [1.54, 1.807) is 0 Å². The summed E-state index contributed by atoms with van der Waals surface area (Å²) < 4.78 is 75.0. The third kappa shape index (κ3) is 1.73. The molecule has 1 heterocycles. The molecule has 2 nitrogen and oxygen atoms in total. The van der Waals surface area contributed by atoms with Gasteiger partial charge in [0.25, 0.3) is 0 Å². The molecule has 2 rings (SSSR count). The number of halogens is 6. The van der Waals surface area contributed by atoms with Crippen molar-refractivity contribution >= 4 is 11.4 Å². The van der Waals surface area contributed by atoms with Crippen LogP contribution < -0.4 is 0 Å². The lowest BCUT2D eigenvalue weighted by Crippen LogP contribution is -2.33. The number of hydrogen-bond acceptors (Lipinski definition) is 2. The highest BCUT2D eigenvalue weighted by molar-refractivity contribution is 6.07. The van der Waals surface area contributed by atoms with Gasteiger partial charge >= 0.3 is 12.4 Å². The number of nitrogens with zero attached hydrogens (tertiary/aromatic N) is 2. The lowest BCUT2D eigenvalue weighted by Gasteiger charge is -2.15. The molecule has 0 spiro atoms. The molecule has 2 atom stereocenters. The minimum absolute atomic E-state index is 1.10. The van der Waals surface area contributed by atoms with Gasteiger partial charge in [-0.2, -0.15) is 26.3 Å². The number of alkyl halides is 6. The molecule has 1 fully saturated rings. The van der Waals surface area contributed by atoms with E-state index in [0.29, 0.717) is 0 Å². The fourth-order valence-corrected chi connectivity index (χ4v) is 2.36. The van der Waals surface area contributed by atoms with Crippen molar-refractivity contribution in [3.63, 3.8) is 0 Å². The van der Waals surface area contributed by atoms with Gasteiger partial charge in [-0.05, 0) is 5.41 Å². The summed E-state index contributed by atoms with van der Waals surface area (Å²) in [6, 6.07) is 0. The fraction of sp³-hybridized carbons (Fsp3) is 0.778. The Hall–Kier alpha value is -1.08. The second-order valence-corrected chi connectivity index (χ2v) is 4.74. The Morgan fingerprint density at radius 3 is 1.35 bits per heavy atom. The Morgan fingerprint density at radius 1 is 0.824 bits per heavy atom. The number of rotatable bonds is 0. The second-order valence-electron chi connectivity index (χ2n) is 4.74. The van der Waals surface area contributed by atoms with E-state index in [-0.39, 0.29) is 0 Å². The third-order valence-corrected chi connectivity index (χ3v) is 3.26. The SMILES string of the molecule is CC1(C)[C@@H]2C(C(F)(F)F)=NN=C(C(F)(F)F)[C@@H]21. The van der Waals surface area contributed by atoms with Gasteiger partial charge in [-0.25, -0.2) is 0 Å². The van der Waals surface area contributed by atoms with Gasteiger partial charge in [0.2, 0.25) is 0 Å². The molecule has 1 saturated carbocycles. The molecule has 1 aliphatic carbocycles. The Morgan fingerprint density at radius 2 is 1.12 bits per heavy atom. The Bertz CT molecular complexity index is 376. The van der Waals surface area contributed by atoms with Crippen molar-refractivity contribution in [3.8, 4) is 0 Å². The van der Waals surface area contributed by atoms with Crippen LogP contribution in [0.15, 0.2) is 10.2 Å².